The summed E-state index contributed by atoms with van der Waals surface area (Å²) in [6, 6.07) is 4.71. The number of carbonyl (C=O) groups excluding carboxylic acids is 1. The van der Waals surface area contributed by atoms with Crippen molar-refractivity contribution in [2.75, 3.05) is 11.9 Å². The zero-order valence-corrected chi connectivity index (χ0v) is 11.5. The number of hydrogen-bond acceptors (Lipinski definition) is 3. The third-order valence-corrected chi connectivity index (χ3v) is 3.48. The summed E-state index contributed by atoms with van der Waals surface area (Å²) in [6.45, 7) is 2.62. The van der Waals surface area contributed by atoms with Crippen LogP contribution < -0.4 is 5.32 Å². The Morgan fingerprint density at radius 2 is 2.25 bits per heavy atom. The van der Waals surface area contributed by atoms with Gasteiger partial charge in [-0.25, -0.2) is 4.79 Å². The minimum absolute atomic E-state index is 0.105. The zero-order chi connectivity index (χ0) is 14.5. The van der Waals surface area contributed by atoms with Gasteiger partial charge in [0.1, 0.15) is 0 Å². The molecule has 20 heavy (non-hydrogen) atoms. The SMILES string of the molecule is Cc1ccc(C(=O)O)cc1NC(=O)CCC1CCCO1. The first-order valence-electron chi connectivity index (χ1n) is 6.81. The molecule has 2 rings (SSSR count). The van der Waals surface area contributed by atoms with E-state index in [9.17, 15) is 9.59 Å². The molecule has 5 nitrogen and oxygen atoms in total. The Kier molecular flexibility index (Phi) is 4.74. The number of aryl methyl sites for hydroxylation is 1. The van der Waals surface area contributed by atoms with E-state index in [4.69, 9.17) is 9.84 Å². The van der Waals surface area contributed by atoms with Gasteiger partial charge >= 0.3 is 5.97 Å². The first-order chi connectivity index (χ1) is 9.56. The number of rotatable bonds is 5. The molecule has 1 atom stereocenters. The zero-order valence-electron chi connectivity index (χ0n) is 11.5. The Balaban J connectivity index is 1.92. The van der Waals surface area contributed by atoms with E-state index in [2.05, 4.69) is 5.32 Å². The Bertz CT molecular complexity index is 507. The van der Waals surface area contributed by atoms with Crippen LogP contribution in [0, 0.1) is 6.92 Å². The Morgan fingerprint density at radius 1 is 1.45 bits per heavy atom. The number of ether oxygens (including phenoxy) is 1. The van der Waals surface area contributed by atoms with Crippen LogP contribution in [-0.4, -0.2) is 29.7 Å². The summed E-state index contributed by atoms with van der Waals surface area (Å²) in [7, 11) is 0. The van der Waals surface area contributed by atoms with E-state index in [1.807, 2.05) is 6.92 Å². The van der Waals surface area contributed by atoms with Gasteiger partial charge in [0.05, 0.1) is 11.7 Å². The van der Waals surface area contributed by atoms with Crippen LogP contribution in [0.3, 0.4) is 0 Å². The fourth-order valence-electron chi connectivity index (χ4n) is 2.27. The van der Waals surface area contributed by atoms with E-state index in [0.717, 1.165) is 25.0 Å². The van der Waals surface area contributed by atoms with Crippen LogP contribution in [0.15, 0.2) is 18.2 Å². The second-order valence-corrected chi connectivity index (χ2v) is 5.06. The number of carboxylic acid groups (broad SMARTS) is 1. The minimum atomic E-state index is -1.00. The van der Waals surface area contributed by atoms with Crippen LogP contribution in [0.4, 0.5) is 5.69 Å². The first kappa shape index (κ1) is 14.5. The lowest BCUT2D eigenvalue weighted by Gasteiger charge is -2.11. The van der Waals surface area contributed by atoms with Gasteiger partial charge in [-0.15, -0.1) is 0 Å². The van der Waals surface area contributed by atoms with Crippen molar-refractivity contribution in [2.24, 2.45) is 0 Å². The summed E-state index contributed by atoms with van der Waals surface area (Å²) in [5.74, 6) is -1.11. The van der Waals surface area contributed by atoms with Gasteiger partial charge in [-0.2, -0.15) is 0 Å². The normalized spacial score (nSPS) is 17.9. The molecule has 0 radical (unpaired) electrons. The van der Waals surface area contributed by atoms with Crippen molar-refractivity contribution in [1.29, 1.82) is 0 Å². The molecule has 0 spiro atoms. The Morgan fingerprint density at radius 3 is 2.90 bits per heavy atom. The summed E-state index contributed by atoms with van der Waals surface area (Å²) < 4.78 is 5.47. The number of aromatic carboxylic acids is 1. The molecule has 0 aliphatic carbocycles. The summed E-state index contributed by atoms with van der Waals surface area (Å²) in [5, 5.41) is 11.7. The number of benzene rings is 1. The predicted molar refractivity (Wildman–Crippen MR) is 75.0 cm³/mol. The van der Waals surface area contributed by atoms with Gasteiger partial charge in [0, 0.05) is 18.7 Å². The standard InChI is InChI=1S/C15H19NO4/c1-10-4-5-11(15(18)19)9-13(10)16-14(17)7-6-12-3-2-8-20-12/h4-5,9,12H,2-3,6-8H2,1H3,(H,16,17)(H,18,19). The molecular formula is C15H19NO4. The van der Waals surface area contributed by atoms with Crippen molar-refractivity contribution in [3.63, 3.8) is 0 Å². The molecule has 1 fully saturated rings. The van der Waals surface area contributed by atoms with Crippen molar-refractivity contribution >= 4 is 17.6 Å². The van der Waals surface area contributed by atoms with E-state index < -0.39 is 5.97 Å². The lowest BCUT2D eigenvalue weighted by molar-refractivity contribution is -0.116. The van der Waals surface area contributed by atoms with Gasteiger partial charge in [0.2, 0.25) is 5.91 Å². The number of anilines is 1. The van der Waals surface area contributed by atoms with Crippen LogP contribution in [0.2, 0.25) is 0 Å². The molecule has 1 aliphatic heterocycles. The summed E-state index contributed by atoms with van der Waals surface area (Å²) >= 11 is 0. The maximum absolute atomic E-state index is 11.9. The highest BCUT2D eigenvalue weighted by Crippen LogP contribution is 2.19. The molecule has 1 amide bonds. The van der Waals surface area contributed by atoms with Crippen molar-refractivity contribution in [1.82, 2.24) is 0 Å². The quantitative estimate of drug-likeness (QED) is 0.867. The Labute approximate surface area is 117 Å². The third-order valence-electron chi connectivity index (χ3n) is 3.48. The van der Waals surface area contributed by atoms with E-state index in [1.165, 1.54) is 12.1 Å². The van der Waals surface area contributed by atoms with Crippen molar-refractivity contribution < 1.29 is 19.4 Å². The van der Waals surface area contributed by atoms with Gasteiger partial charge in [-0.3, -0.25) is 4.79 Å². The maximum Gasteiger partial charge on any atom is 0.335 e. The molecule has 1 heterocycles. The van der Waals surface area contributed by atoms with E-state index in [0.29, 0.717) is 18.5 Å². The molecule has 1 aliphatic rings. The molecule has 1 aromatic rings. The van der Waals surface area contributed by atoms with Crippen LogP contribution in [0.25, 0.3) is 0 Å². The Hall–Kier alpha value is -1.88. The highest BCUT2D eigenvalue weighted by atomic mass is 16.5. The molecule has 5 heteroatoms. The molecule has 0 saturated carbocycles. The monoisotopic (exact) mass is 277 g/mol. The number of hydrogen-bond donors (Lipinski definition) is 2. The lowest BCUT2D eigenvalue weighted by Crippen LogP contribution is -2.16. The molecule has 1 saturated heterocycles. The van der Waals surface area contributed by atoms with E-state index >= 15 is 0 Å². The summed E-state index contributed by atoms with van der Waals surface area (Å²) in [6.07, 6.45) is 3.37. The average Bonchev–Trinajstić information content (AvgIpc) is 2.92. The van der Waals surface area contributed by atoms with E-state index in [1.54, 1.807) is 6.07 Å². The number of carboxylic acids is 1. The maximum atomic E-state index is 11.9. The molecular weight excluding hydrogens is 258 g/mol. The van der Waals surface area contributed by atoms with Gasteiger partial charge < -0.3 is 15.2 Å². The lowest BCUT2D eigenvalue weighted by atomic mass is 10.1. The number of nitrogens with one attached hydrogen (secondary N) is 1. The topological polar surface area (TPSA) is 75.6 Å². The van der Waals surface area contributed by atoms with Crippen LogP contribution in [0.1, 0.15) is 41.6 Å². The smallest absolute Gasteiger partial charge is 0.335 e. The van der Waals surface area contributed by atoms with Crippen LogP contribution >= 0.6 is 0 Å². The minimum Gasteiger partial charge on any atom is -0.478 e. The molecule has 108 valence electrons. The van der Waals surface area contributed by atoms with Gasteiger partial charge in [0.15, 0.2) is 0 Å². The molecule has 0 aromatic heterocycles. The second kappa shape index (κ2) is 6.52. The van der Waals surface area contributed by atoms with Crippen LogP contribution in [0.5, 0.6) is 0 Å². The average molecular weight is 277 g/mol. The molecule has 2 N–H and O–H groups in total. The van der Waals surface area contributed by atoms with Crippen molar-refractivity contribution in [3.05, 3.63) is 29.3 Å². The predicted octanol–water partition coefficient (Wildman–Crippen LogP) is 2.59. The van der Waals surface area contributed by atoms with Gasteiger partial charge in [-0.05, 0) is 43.9 Å². The number of carbonyl (C=O) groups is 2. The van der Waals surface area contributed by atoms with Crippen molar-refractivity contribution in [3.8, 4) is 0 Å². The molecule has 1 unspecified atom stereocenters. The summed E-state index contributed by atoms with van der Waals surface area (Å²) in [4.78, 5) is 22.8. The van der Waals surface area contributed by atoms with Crippen molar-refractivity contribution in [2.45, 2.75) is 38.7 Å². The molecule has 0 bridgehead atoms. The highest BCUT2D eigenvalue weighted by Gasteiger charge is 2.17. The first-order valence-corrected chi connectivity index (χ1v) is 6.81. The third kappa shape index (κ3) is 3.81. The van der Waals surface area contributed by atoms with Gasteiger partial charge in [-0.1, -0.05) is 6.07 Å². The number of amides is 1. The largest absolute Gasteiger partial charge is 0.478 e. The fraction of sp³-hybridized carbons (Fsp3) is 0.467. The van der Waals surface area contributed by atoms with E-state index in [-0.39, 0.29) is 17.6 Å². The van der Waals surface area contributed by atoms with Crippen LogP contribution in [-0.2, 0) is 9.53 Å². The summed E-state index contributed by atoms with van der Waals surface area (Å²) in [5.41, 5.74) is 1.58. The fourth-order valence-corrected chi connectivity index (χ4v) is 2.27. The second-order valence-electron chi connectivity index (χ2n) is 5.06. The van der Waals surface area contributed by atoms with Gasteiger partial charge in [0.25, 0.3) is 0 Å². The highest BCUT2D eigenvalue weighted by molar-refractivity contribution is 5.94. The molecule has 1 aromatic carbocycles.